The summed E-state index contributed by atoms with van der Waals surface area (Å²) in [5, 5.41) is 7.06. The first kappa shape index (κ1) is 23.4. The van der Waals surface area contributed by atoms with Crippen LogP contribution in [-0.2, 0) is 10.2 Å². The molecule has 0 radical (unpaired) electrons. The lowest BCUT2D eigenvalue weighted by atomic mass is 9.78. The molecule has 1 aromatic carbocycles. The van der Waals surface area contributed by atoms with E-state index in [9.17, 15) is 0 Å². The van der Waals surface area contributed by atoms with Crippen LogP contribution >= 0.6 is 24.0 Å². The maximum atomic E-state index is 5.83. The maximum Gasteiger partial charge on any atom is 0.191 e. The van der Waals surface area contributed by atoms with Gasteiger partial charge in [0, 0.05) is 45.2 Å². The van der Waals surface area contributed by atoms with Gasteiger partial charge in [0.05, 0.1) is 13.2 Å². The van der Waals surface area contributed by atoms with Crippen molar-refractivity contribution < 1.29 is 14.2 Å². The van der Waals surface area contributed by atoms with Gasteiger partial charge in [0.1, 0.15) is 13.2 Å². The van der Waals surface area contributed by atoms with Gasteiger partial charge in [-0.1, -0.05) is 18.9 Å². The third-order valence-corrected chi connectivity index (χ3v) is 6.36. The molecule has 7 nitrogen and oxygen atoms in total. The predicted molar refractivity (Wildman–Crippen MR) is 130 cm³/mol. The van der Waals surface area contributed by atoms with E-state index in [2.05, 4.69) is 38.7 Å². The monoisotopic (exact) mass is 530 g/mol. The fourth-order valence-corrected chi connectivity index (χ4v) is 4.62. The second-order valence-corrected chi connectivity index (χ2v) is 8.15. The molecular weight excluding hydrogens is 495 g/mol. The van der Waals surface area contributed by atoms with Crippen LogP contribution in [-0.4, -0.2) is 77.1 Å². The number of morpholine rings is 1. The number of rotatable bonds is 6. The summed E-state index contributed by atoms with van der Waals surface area (Å²) >= 11 is 0. The molecule has 1 saturated heterocycles. The van der Waals surface area contributed by atoms with E-state index in [0.29, 0.717) is 13.2 Å². The topological polar surface area (TPSA) is 67.4 Å². The van der Waals surface area contributed by atoms with Gasteiger partial charge < -0.3 is 24.8 Å². The number of halogens is 1. The molecule has 1 aromatic rings. The Labute approximate surface area is 196 Å². The molecule has 0 bridgehead atoms. The highest BCUT2D eigenvalue weighted by Gasteiger charge is 2.36. The van der Waals surface area contributed by atoms with Crippen LogP contribution in [0.2, 0.25) is 0 Å². The van der Waals surface area contributed by atoms with E-state index < -0.39 is 0 Å². The first-order valence-electron chi connectivity index (χ1n) is 10.9. The Morgan fingerprint density at radius 1 is 1.03 bits per heavy atom. The lowest BCUT2D eigenvalue weighted by Crippen LogP contribution is -2.47. The average Bonchev–Trinajstić information content (AvgIpc) is 3.26. The van der Waals surface area contributed by atoms with Crippen LogP contribution in [0, 0.1) is 0 Å². The smallest absolute Gasteiger partial charge is 0.191 e. The Kier molecular flexibility index (Phi) is 8.88. The third-order valence-electron chi connectivity index (χ3n) is 6.36. The first-order valence-corrected chi connectivity index (χ1v) is 10.9. The Balaban J connectivity index is 0.00000256. The van der Waals surface area contributed by atoms with E-state index >= 15 is 0 Å². The number of benzene rings is 1. The lowest BCUT2D eigenvalue weighted by molar-refractivity contribution is 0.0389. The zero-order valence-electron chi connectivity index (χ0n) is 18.0. The number of guanidine groups is 1. The molecule has 8 heteroatoms. The van der Waals surface area contributed by atoms with Gasteiger partial charge in [-0.25, -0.2) is 0 Å². The Bertz CT molecular complexity index is 704. The molecule has 2 aliphatic heterocycles. The van der Waals surface area contributed by atoms with Crippen LogP contribution in [0.5, 0.6) is 11.5 Å². The molecule has 0 amide bonds. The van der Waals surface area contributed by atoms with Crippen molar-refractivity contribution in [1.29, 1.82) is 0 Å². The van der Waals surface area contributed by atoms with Crippen molar-refractivity contribution in [1.82, 2.24) is 15.5 Å². The summed E-state index contributed by atoms with van der Waals surface area (Å²) in [6.07, 6.45) is 4.90. The number of nitrogens with one attached hydrogen (secondary N) is 2. The summed E-state index contributed by atoms with van der Waals surface area (Å²) in [6, 6.07) is 6.48. The number of ether oxygens (including phenoxy) is 3. The minimum Gasteiger partial charge on any atom is -0.486 e. The summed E-state index contributed by atoms with van der Waals surface area (Å²) in [7, 11) is 1.84. The zero-order valence-corrected chi connectivity index (χ0v) is 20.3. The summed E-state index contributed by atoms with van der Waals surface area (Å²) < 4.78 is 17.0. The lowest BCUT2D eigenvalue weighted by Gasteiger charge is -2.32. The van der Waals surface area contributed by atoms with Crippen LogP contribution in [0.4, 0.5) is 0 Å². The van der Waals surface area contributed by atoms with Gasteiger partial charge in [0.25, 0.3) is 0 Å². The Morgan fingerprint density at radius 3 is 2.50 bits per heavy atom. The van der Waals surface area contributed by atoms with Gasteiger partial charge in [-0.3, -0.25) is 9.89 Å². The van der Waals surface area contributed by atoms with Crippen molar-refractivity contribution in [2.24, 2.45) is 4.99 Å². The zero-order chi connectivity index (χ0) is 19.9. The predicted octanol–water partition coefficient (Wildman–Crippen LogP) is 2.38. The summed E-state index contributed by atoms with van der Waals surface area (Å²) in [5.41, 5.74) is 1.47. The minimum atomic E-state index is 0. The van der Waals surface area contributed by atoms with Gasteiger partial charge in [0.2, 0.25) is 0 Å². The highest BCUT2D eigenvalue weighted by atomic mass is 127. The van der Waals surface area contributed by atoms with E-state index in [1.54, 1.807) is 0 Å². The number of fused-ring (bicyclic) bond motifs is 1. The Morgan fingerprint density at radius 2 is 1.77 bits per heavy atom. The molecule has 1 saturated carbocycles. The molecule has 0 aromatic heterocycles. The highest BCUT2D eigenvalue weighted by molar-refractivity contribution is 14.0. The molecule has 4 rings (SSSR count). The van der Waals surface area contributed by atoms with Gasteiger partial charge >= 0.3 is 0 Å². The van der Waals surface area contributed by atoms with Crippen LogP contribution < -0.4 is 20.1 Å². The van der Waals surface area contributed by atoms with Gasteiger partial charge in [0.15, 0.2) is 17.5 Å². The standard InChI is InChI=1S/C22H34N4O3.HI/c1-23-21(24-8-9-26-10-12-27-13-11-26)25-17-22(6-2-3-7-22)18-4-5-19-20(16-18)29-15-14-28-19;/h4-5,16H,2-3,6-15,17H2,1H3,(H2,23,24,25);1H. The van der Waals surface area contributed by atoms with Gasteiger partial charge in [-0.05, 0) is 30.5 Å². The van der Waals surface area contributed by atoms with Gasteiger partial charge in [-0.15, -0.1) is 24.0 Å². The average molecular weight is 530 g/mol. The SMILES string of the molecule is CN=C(NCCN1CCOCC1)NCC1(c2ccc3c(c2)OCCO3)CCCC1.I. The van der Waals surface area contributed by atoms with Crippen molar-refractivity contribution in [3.8, 4) is 11.5 Å². The van der Waals surface area contributed by atoms with Crippen molar-refractivity contribution in [3.63, 3.8) is 0 Å². The fraction of sp³-hybridized carbons (Fsp3) is 0.682. The Hall–Kier alpha value is -1.26. The molecule has 30 heavy (non-hydrogen) atoms. The molecule has 0 spiro atoms. The minimum absolute atomic E-state index is 0. The third kappa shape index (κ3) is 5.70. The molecule has 0 atom stereocenters. The molecule has 168 valence electrons. The largest absolute Gasteiger partial charge is 0.486 e. The summed E-state index contributed by atoms with van der Waals surface area (Å²) in [5.74, 6) is 2.62. The van der Waals surface area contributed by atoms with Crippen molar-refractivity contribution in [2.75, 3.05) is 66.2 Å². The molecule has 0 unspecified atom stereocenters. The summed E-state index contributed by atoms with van der Waals surface area (Å²) in [6.45, 7) is 7.74. The fourth-order valence-electron chi connectivity index (χ4n) is 4.62. The molecule has 2 heterocycles. The van der Waals surface area contributed by atoms with Crippen molar-refractivity contribution >= 4 is 29.9 Å². The first-order chi connectivity index (χ1) is 14.3. The molecule has 1 aliphatic carbocycles. The number of aliphatic imine (C=N–C) groups is 1. The molecule has 3 aliphatic rings. The normalized spacial score (nSPS) is 21.0. The van der Waals surface area contributed by atoms with E-state index in [-0.39, 0.29) is 29.4 Å². The van der Waals surface area contributed by atoms with Crippen molar-refractivity contribution in [3.05, 3.63) is 23.8 Å². The quantitative estimate of drug-likeness (QED) is 0.335. The second-order valence-electron chi connectivity index (χ2n) is 8.15. The van der Waals surface area contributed by atoms with E-state index in [1.165, 1.54) is 31.2 Å². The van der Waals surface area contributed by atoms with E-state index in [4.69, 9.17) is 14.2 Å². The number of hydrogen-bond donors (Lipinski definition) is 2. The molecule has 2 N–H and O–H groups in total. The van der Waals surface area contributed by atoms with Crippen LogP contribution in [0.3, 0.4) is 0 Å². The van der Waals surface area contributed by atoms with Gasteiger partial charge in [-0.2, -0.15) is 0 Å². The molecule has 2 fully saturated rings. The van der Waals surface area contributed by atoms with E-state index in [1.807, 2.05) is 7.05 Å². The van der Waals surface area contributed by atoms with Crippen molar-refractivity contribution in [2.45, 2.75) is 31.1 Å². The highest BCUT2D eigenvalue weighted by Crippen LogP contribution is 2.43. The maximum absolute atomic E-state index is 5.83. The van der Waals surface area contributed by atoms with Crippen LogP contribution in [0.25, 0.3) is 0 Å². The number of nitrogens with zero attached hydrogens (tertiary/aromatic N) is 2. The van der Waals surface area contributed by atoms with Crippen LogP contribution in [0.1, 0.15) is 31.2 Å². The summed E-state index contributed by atoms with van der Waals surface area (Å²) in [4.78, 5) is 6.86. The van der Waals surface area contributed by atoms with Crippen LogP contribution in [0.15, 0.2) is 23.2 Å². The number of hydrogen-bond acceptors (Lipinski definition) is 5. The molecular formula is C22H35IN4O3. The van der Waals surface area contributed by atoms with E-state index in [0.717, 1.165) is 63.4 Å². The second kappa shape index (κ2) is 11.4.